The number of nitriles is 1. The number of rotatable bonds is 3. The lowest BCUT2D eigenvalue weighted by atomic mass is 10.2. The summed E-state index contributed by atoms with van der Waals surface area (Å²) < 4.78 is 27.4. The van der Waals surface area contributed by atoms with Crippen molar-refractivity contribution in [2.24, 2.45) is 0 Å². The average Bonchev–Trinajstić information content (AvgIpc) is 2.61. The summed E-state index contributed by atoms with van der Waals surface area (Å²) in [5.74, 6) is 0. The standard InChI is InChI=1S/C19H21N3O2S/c1-15-3-8-19(16(2)13-15)25(23,24)22-11-9-21(10-12-22)18-6-4-17(14-20)5-7-18/h3-8,13H,9-12H2,1-2H3. The molecule has 25 heavy (non-hydrogen) atoms. The Hall–Kier alpha value is -2.36. The van der Waals surface area contributed by atoms with Gasteiger partial charge in [0, 0.05) is 31.9 Å². The van der Waals surface area contributed by atoms with Crippen LogP contribution in [0.25, 0.3) is 0 Å². The minimum atomic E-state index is -3.46. The van der Waals surface area contributed by atoms with Crippen molar-refractivity contribution < 1.29 is 8.42 Å². The molecular weight excluding hydrogens is 334 g/mol. The van der Waals surface area contributed by atoms with Crippen molar-refractivity contribution in [3.05, 3.63) is 59.2 Å². The van der Waals surface area contributed by atoms with Gasteiger partial charge in [0.05, 0.1) is 16.5 Å². The Morgan fingerprint density at radius 2 is 1.60 bits per heavy atom. The summed E-state index contributed by atoms with van der Waals surface area (Å²) in [4.78, 5) is 2.54. The van der Waals surface area contributed by atoms with Crippen LogP contribution in [-0.4, -0.2) is 38.9 Å². The summed E-state index contributed by atoms with van der Waals surface area (Å²) in [5.41, 5.74) is 3.49. The van der Waals surface area contributed by atoms with Crippen molar-refractivity contribution >= 4 is 15.7 Å². The highest BCUT2D eigenvalue weighted by Gasteiger charge is 2.29. The van der Waals surface area contributed by atoms with Crippen molar-refractivity contribution in [2.75, 3.05) is 31.1 Å². The molecule has 0 unspecified atom stereocenters. The molecule has 3 rings (SSSR count). The molecule has 0 saturated carbocycles. The molecule has 1 saturated heterocycles. The van der Waals surface area contributed by atoms with E-state index in [-0.39, 0.29) is 0 Å². The van der Waals surface area contributed by atoms with Gasteiger partial charge in [-0.2, -0.15) is 9.57 Å². The van der Waals surface area contributed by atoms with Gasteiger partial charge >= 0.3 is 0 Å². The van der Waals surface area contributed by atoms with Gasteiger partial charge in [-0.1, -0.05) is 17.7 Å². The molecule has 0 radical (unpaired) electrons. The van der Waals surface area contributed by atoms with Crippen LogP contribution in [0, 0.1) is 25.2 Å². The van der Waals surface area contributed by atoms with Gasteiger partial charge in [-0.3, -0.25) is 0 Å². The van der Waals surface area contributed by atoms with Crippen molar-refractivity contribution in [3.63, 3.8) is 0 Å². The lowest BCUT2D eigenvalue weighted by Crippen LogP contribution is -2.48. The Kier molecular flexibility index (Phi) is 4.80. The monoisotopic (exact) mass is 355 g/mol. The molecule has 2 aromatic rings. The first-order valence-electron chi connectivity index (χ1n) is 8.24. The molecule has 5 nitrogen and oxygen atoms in total. The molecule has 0 aliphatic carbocycles. The van der Waals surface area contributed by atoms with Crippen LogP contribution >= 0.6 is 0 Å². The maximum absolute atomic E-state index is 12.9. The third-order valence-corrected chi connectivity index (χ3v) is 6.61. The lowest BCUT2D eigenvalue weighted by molar-refractivity contribution is 0.384. The van der Waals surface area contributed by atoms with Crippen LogP contribution in [0.5, 0.6) is 0 Å². The third kappa shape index (κ3) is 3.53. The van der Waals surface area contributed by atoms with Gasteiger partial charge in [0.1, 0.15) is 0 Å². The second-order valence-corrected chi connectivity index (χ2v) is 8.23. The Balaban J connectivity index is 1.73. The number of nitrogens with zero attached hydrogens (tertiary/aromatic N) is 3. The van der Waals surface area contributed by atoms with Gasteiger partial charge in [-0.05, 0) is 49.7 Å². The van der Waals surface area contributed by atoms with Gasteiger partial charge in [0.25, 0.3) is 0 Å². The molecule has 2 aromatic carbocycles. The fourth-order valence-electron chi connectivity index (χ4n) is 3.16. The van der Waals surface area contributed by atoms with Crippen molar-refractivity contribution in [1.29, 1.82) is 5.26 Å². The zero-order chi connectivity index (χ0) is 18.0. The molecule has 1 heterocycles. The predicted molar refractivity (Wildman–Crippen MR) is 98.0 cm³/mol. The minimum absolute atomic E-state index is 0.393. The highest BCUT2D eigenvalue weighted by Crippen LogP contribution is 2.24. The van der Waals surface area contributed by atoms with E-state index in [1.54, 1.807) is 22.5 Å². The third-order valence-electron chi connectivity index (χ3n) is 4.55. The number of aryl methyl sites for hydroxylation is 2. The smallest absolute Gasteiger partial charge is 0.243 e. The molecule has 0 N–H and O–H groups in total. The number of benzene rings is 2. The summed E-state index contributed by atoms with van der Waals surface area (Å²) in [6, 6.07) is 14.9. The van der Waals surface area contributed by atoms with Gasteiger partial charge < -0.3 is 4.90 Å². The Morgan fingerprint density at radius 1 is 0.960 bits per heavy atom. The van der Waals surface area contributed by atoms with E-state index in [0.717, 1.165) is 16.8 Å². The highest BCUT2D eigenvalue weighted by molar-refractivity contribution is 7.89. The fraction of sp³-hybridized carbons (Fsp3) is 0.316. The average molecular weight is 355 g/mol. The fourth-order valence-corrected chi connectivity index (χ4v) is 4.79. The SMILES string of the molecule is Cc1ccc(S(=O)(=O)N2CCN(c3ccc(C#N)cc3)CC2)c(C)c1. The van der Waals surface area contributed by atoms with E-state index < -0.39 is 10.0 Å². The maximum atomic E-state index is 12.9. The summed E-state index contributed by atoms with van der Waals surface area (Å²) >= 11 is 0. The number of piperazine rings is 1. The second-order valence-electron chi connectivity index (χ2n) is 6.32. The Morgan fingerprint density at radius 3 is 2.16 bits per heavy atom. The number of sulfonamides is 1. The molecule has 0 amide bonds. The van der Waals surface area contributed by atoms with E-state index in [9.17, 15) is 8.42 Å². The van der Waals surface area contributed by atoms with Gasteiger partial charge in [-0.25, -0.2) is 8.42 Å². The minimum Gasteiger partial charge on any atom is -0.369 e. The zero-order valence-electron chi connectivity index (χ0n) is 14.4. The molecule has 1 fully saturated rings. The summed E-state index contributed by atoms with van der Waals surface area (Å²) in [5, 5.41) is 8.87. The van der Waals surface area contributed by atoms with Crippen LogP contribution in [0.3, 0.4) is 0 Å². The van der Waals surface area contributed by atoms with Gasteiger partial charge in [0.2, 0.25) is 10.0 Å². The van der Waals surface area contributed by atoms with Crippen LogP contribution < -0.4 is 4.90 Å². The zero-order valence-corrected chi connectivity index (χ0v) is 15.3. The number of hydrogen-bond acceptors (Lipinski definition) is 4. The first-order valence-corrected chi connectivity index (χ1v) is 9.68. The van der Waals surface area contributed by atoms with Crippen LogP contribution in [-0.2, 0) is 10.0 Å². The first-order chi connectivity index (χ1) is 11.9. The van der Waals surface area contributed by atoms with E-state index in [1.165, 1.54) is 0 Å². The predicted octanol–water partition coefficient (Wildman–Crippen LogP) is 2.69. The Bertz CT molecular complexity index is 907. The summed E-state index contributed by atoms with van der Waals surface area (Å²) in [6.45, 7) is 5.98. The van der Waals surface area contributed by atoms with E-state index in [2.05, 4.69) is 11.0 Å². The van der Waals surface area contributed by atoms with E-state index in [0.29, 0.717) is 36.6 Å². The normalized spacial score (nSPS) is 15.8. The Labute approximate surface area is 149 Å². The molecule has 1 aliphatic rings. The largest absolute Gasteiger partial charge is 0.369 e. The van der Waals surface area contributed by atoms with Crippen molar-refractivity contribution in [3.8, 4) is 6.07 Å². The van der Waals surface area contributed by atoms with Crippen molar-refractivity contribution in [2.45, 2.75) is 18.7 Å². The van der Waals surface area contributed by atoms with Crippen LogP contribution in [0.2, 0.25) is 0 Å². The topological polar surface area (TPSA) is 64.4 Å². The quantitative estimate of drug-likeness (QED) is 0.849. The molecule has 1 aliphatic heterocycles. The molecule has 0 spiro atoms. The molecule has 130 valence electrons. The van der Waals surface area contributed by atoms with Crippen LogP contribution in [0.4, 0.5) is 5.69 Å². The first kappa shape index (κ1) is 17.5. The molecule has 0 atom stereocenters. The number of anilines is 1. The molecular formula is C19H21N3O2S. The van der Waals surface area contributed by atoms with Crippen LogP contribution in [0.1, 0.15) is 16.7 Å². The summed E-state index contributed by atoms with van der Waals surface area (Å²) in [6.07, 6.45) is 0. The molecule has 0 aromatic heterocycles. The lowest BCUT2D eigenvalue weighted by Gasteiger charge is -2.35. The van der Waals surface area contributed by atoms with Crippen LogP contribution in [0.15, 0.2) is 47.4 Å². The number of hydrogen-bond donors (Lipinski definition) is 0. The molecule has 0 bridgehead atoms. The second kappa shape index (κ2) is 6.87. The van der Waals surface area contributed by atoms with E-state index in [4.69, 9.17) is 5.26 Å². The maximum Gasteiger partial charge on any atom is 0.243 e. The van der Waals surface area contributed by atoms with Gasteiger partial charge in [-0.15, -0.1) is 0 Å². The van der Waals surface area contributed by atoms with E-state index >= 15 is 0 Å². The van der Waals surface area contributed by atoms with E-state index in [1.807, 2.05) is 38.1 Å². The summed E-state index contributed by atoms with van der Waals surface area (Å²) in [7, 11) is -3.46. The van der Waals surface area contributed by atoms with Crippen molar-refractivity contribution in [1.82, 2.24) is 4.31 Å². The van der Waals surface area contributed by atoms with Gasteiger partial charge in [0.15, 0.2) is 0 Å². The molecule has 6 heteroatoms. The highest BCUT2D eigenvalue weighted by atomic mass is 32.2.